The van der Waals surface area contributed by atoms with Gasteiger partial charge in [-0.05, 0) is 38.6 Å². The molecule has 2 fully saturated rings. The van der Waals surface area contributed by atoms with Crippen molar-refractivity contribution in [2.45, 2.75) is 45.1 Å². The standard InChI is InChI=1S/C13H24N2O/c1-10(9-14-2)13(16)15-8-4-6-11-5-3-7-12(11)15/h10-12,14H,3-9H2,1-2H3. The molecule has 3 atom stereocenters. The normalized spacial score (nSPS) is 31.2. The molecule has 0 aromatic heterocycles. The zero-order chi connectivity index (χ0) is 11.5. The number of piperidine rings is 1. The lowest BCUT2D eigenvalue weighted by molar-refractivity contribution is -0.139. The molecule has 1 saturated heterocycles. The Balaban J connectivity index is 1.99. The van der Waals surface area contributed by atoms with Crippen LogP contribution < -0.4 is 5.32 Å². The fourth-order valence-corrected chi connectivity index (χ4v) is 3.40. The van der Waals surface area contributed by atoms with Crippen molar-refractivity contribution in [2.24, 2.45) is 11.8 Å². The summed E-state index contributed by atoms with van der Waals surface area (Å²) < 4.78 is 0. The number of fused-ring (bicyclic) bond motifs is 1. The molecule has 0 radical (unpaired) electrons. The summed E-state index contributed by atoms with van der Waals surface area (Å²) in [6.45, 7) is 3.83. The van der Waals surface area contributed by atoms with Crippen LogP contribution in [0.1, 0.15) is 39.0 Å². The average Bonchev–Trinajstić information content (AvgIpc) is 2.76. The number of carbonyl (C=O) groups excluding carboxylic acids is 1. The maximum absolute atomic E-state index is 12.3. The molecule has 0 aromatic carbocycles. The molecule has 1 heterocycles. The number of hydrogen-bond donors (Lipinski definition) is 1. The van der Waals surface area contributed by atoms with Crippen molar-refractivity contribution in [3.63, 3.8) is 0 Å². The fraction of sp³-hybridized carbons (Fsp3) is 0.923. The van der Waals surface area contributed by atoms with Gasteiger partial charge in [-0.1, -0.05) is 13.3 Å². The van der Waals surface area contributed by atoms with Crippen molar-refractivity contribution in [3.05, 3.63) is 0 Å². The Kier molecular flexibility index (Phi) is 3.85. The Hall–Kier alpha value is -0.570. The zero-order valence-electron chi connectivity index (χ0n) is 10.5. The number of hydrogen-bond acceptors (Lipinski definition) is 2. The van der Waals surface area contributed by atoms with Crippen LogP contribution in [-0.2, 0) is 4.79 Å². The van der Waals surface area contributed by atoms with Crippen LogP contribution in [0.15, 0.2) is 0 Å². The Morgan fingerprint density at radius 1 is 1.38 bits per heavy atom. The molecule has 92 valence electrons. The first-order valence-corrected chi connectivity index (χ1v) is 6.69. The van der Waals surface area contributed by atoms with Gasteiger partial charge in [-0.2, -0.15) is 0 Å². The second kappa shape index (κ2) is 5.17. The summed E-state index contributed by atoms with van der Waals surface area (Å²) in [5.41, 5.74) is 0. The predicted octanol–water partition coefficient (Wildman–Crippen LogP) is 1.63. The summed E-state index contributed by atoms with van der Waals surface area (Å²) in [7, 11) is 1.92. The lowest BCUT2D eigenvalue weighted by Gasteiger charge is -2.39. The molecule has 16 heavy (non-hydrogen) atoms. The van der Waals surface area contributed by atoms with Gasteiger partial charge in [0.05, 0.1) is 0 Å². The maximum atomic E-state index is 12.3. The molecule has 1 aliphatic heterocycles. The molecular formula is C13H24N2O. The minimum atomic E-state index is 0.129. The summed E-state index contributed by atoms with van der Waals surface area (Å²) in [4.78, 5) is 14.5. The average molecular weight is 224 g/mol. The summed E-state index contributed by atoms with van der Waals surface area (Å²) >= 11 is 0. The molecule has 3 unspecified atom stereocenters. The Bertz CT molecular complexity index is 254. The summed E-state index contributed by atoms with van der Waals surface area (Å²) in [6, 6.07) is 0.570. The molecule has 2 rings (SSSR count). The van der Waals surface area contributed by atoms with E-state index in [4.69, 9.17) is 0 Å². The van der Waals surface area contributed by atoms with Crippen molar-refractivity contribution >= 4 is 5.91 Å². The van der Waals surface area contributed by atoms with Crippen molar-refractivity contribution in [3.8, 4) is 0 Å². The first-order valence-electron chi connectivity index (χ1n) is 6.69. The molecule has 3 heteroatoms. The number of amides is 1. The lowest BCUT2D eigenvalue weighted by Crippen LogP contribution is -2.49. The number of rotatable bonds is 3. The van der Waals surface area contributed by atoms with E-state index in [9.17, 15) is 4.79 Å². The highest BCUT2D eigenvalue weighted by Crippen LogP contribution is 2.37. The predicted molar refractivity (Wildman–Crippen MR) is 65.2 cm³/mol. The van der Waals surface area contributed by atoms with Gasteiger partial charge >= 0.3 is 0 Å². The van der Waals surface area contributed by atoms with E-state index >= 15 is 0 Å². The van der Waals surface area contributed by atoms with Crippen LogP contribution in [0, 0.1) is 11.8 Å². The topological polar surface area (TPSA) is 32.3 Å². The Morgan fingerprint density at radius 3 is 2.88 bits per heavy atom. The molecule has 1 amide bonds. The molecule has 1 N–H and O–H groups in total. The highest BCUT2D eigenvalue weighted by atomic mass is 16.2. The number of likely N-dealkylation sites (tertiary alicyclic amines) is 1. The third kappa shape index (κ3) is 2.24. The highest BCUT2D eigenvalue weighted by molar-refractivity contribution is 5.79. The van der Waals surface area contributed by atoms with Gasteiger partial charge < -0.3 is 10.2 Å². The first kappa shape index (κ1) is 11.9. The molecule has 0 bridgehead atoms. The molecular weight excluding hydrogens is 200 g/mol. The number of nitrogens with zero attached hydrogens (tertiary/aromatic N) is 1. The van der Waals surface area contributed by atoms with E-state index in [0.29, 0.717) is 11.9 Å². The fourth-order valence-electron chi connectivity index (χ4n) is 3.40. The van der Waals surface area contributed by atoms with E-state index in [1.165, 1.54) is 32.1 Å². The number of carbonyl (C=O) groups is 1. The van der Waals surface area contributed by atoms with Gasteiger partial charge in [-0.15, -0.1) is 0 Å². The van der Waals surface area contributed by atoms with Crippen LogP contribution in [0.2, 0.25) is 0 Å². The highest BCUT2D eigenvalue weighted by Gasteiger charge is 2.38. The van der Waals surface area contributed by atoms with Crippen LogP contribution in [0.3, 0.4) is 0 Å². The SMILES string of the molecule is CNCC(C)C(=O)N1CCCC2CCCC21. The van der Waals surface area contributed by atoms with E-state index in [-0.39, 0.29) is 5.92 Å². The maximum Gasteiger partial charge on any atom is 0.226 e. The van der Waals surface area contributed by atoms with Crippen LogP contribution in [0.4, 0.5) is 0 Å². The van der Waals surface area contributed by atoms with Gasteiger partial charge in [0.2, 0.25) is 5.91 Å². The minimum Gasteiger partial charge on any atom is -0.339 e. The lowest BCUT2D eigenvalue weighted by atomic mass is 9.91. The second-order valence-corrected chi connectivity index (χ2v) is 5.39. The molecule has 1 aliphatic carbocycles. The zero-order valence-corrected chi connectivity index (χ0v) is 10.5. The van der Waals surface area contributed by atoms with E-state index in [1.807, 2.05) is 14.0 Å². The molecule has 1 saturated carbocycles. The van der Waals surface area contributed by atoms with E-state index in [2.05, 4.69) is 10.2 Å². The minimum absolute atomic E-state index is 0.129. The van der Waals surface area contributed by atoms with E-state index < -0.39 is 0 Å². The monoisotopic (exact) mass is 224 g/mol. The summed E-state index contributed by atoms with van der Waals surface area (Å²) in [5, 5.41) is 3.10. The van der Waals surface area contributed by atoms with Gasteiger partial charge in [0.25, 0.3) is 0 Å². The van der Waals surface area contributed by atoms with Crippen LogP contribution >= 0.6 is 0 Å². The summed E-state index contributed by atoms with van der Waals surface area (Å²) in [5.74, 6) is 1.30. The largest absolute Gasteiger partial charge is 0.339 e. The van der Waals surface area contributed by atoms with Gasteiger partial charge in [0, 0.05) is 25.0 Å². The quantitative estimate of drug-likeness (QED) is 0.790. The molecule has 0 aromatic rings. The van der Waals surface area contributed by atoms with Crippen molar-refractivity contribution < 1.29 is 4.79 Å². The second-order valence-electron chi connectivity index (χ2n) is 5.39. The Labute approximate surface area is 98.6 Å². The van der Waals surface area contributed by atoms with Crippen molar-refractivity contribution in [1.29, 1.82) is 0 Å². The van der Waals surface area contributed by atoms with Gasteiger partial charge in [-0.25, -0.2) is 0 Å². The van der Waals surface area contributed by atoms with Crippen LogP contribution in [0.25, 0.3) is 0 Å². The number of nitrogens with one attached hydrogen (secondary N) is 1. The van der Waals surface area contributed by atoms with Crippen LogP contribution in [0.5, 0.6) is 0 Å². The van der Waals surface area contributed by atoms with Crippen LogP contribution in [-0.4, -0.2) is 37.0 Å². The molecule has 0 spiro atoms. The van der Waals surface area contributed by atoms with Gasteiger partial charge in [0.1, 0.15) is 0 Å². The smallest absolute Gasteiger partial charge is 0.226 e. The molecule has 3 nitrogen and oxygen atoms in total. The third-order valence-electron chi connectivity index (χ3n) is 4.21. The third-order valence-corrected chi connectivity index (χ3v) is 4.21. The van der Waals surface area contributed by atoms with Gasteiger partial charge in [0.15, 0.2) is 0 Å². The van der Waals surface area contributed by atoms with E-state index in [1.54, 1.807) is 0 Å². The van der Waals surface area contributed by atoms with Crippen molar-refractivity contribution in [2.75, 3.05) is 20.1 Å². The van der Waals surface area contributed by atoms with Crippen molar-refractivity contribution in [1.82, 2.24) is 10.2 Å². The van der Waals surface area contributed by atoms with Gasteiger partial charge in [-0.3, -0.25) is 4.79 Å². The Morgan fingerprint density at radius 2 is 2.12 bits per heavy atom. The summed E-state index contributed by atoms with van der Waals surface area (Å²) in [6.07, 6.45) is 6.45. The molecule has 2 aliphatic rings. The first-order chi connectivity index (χ1) is 7.74. The van der Waals surface area contributed by atoms with E-state index in [0.717, 1.165) is 19.0 Å².